The van der Waals surface area contributed by atoms with Crippen LogP contribution in [0.5, 0.6) is 0 Å². The monoisotopic (exact) mass is 304 g/mol. The maximum Gasteiger partial charge on any atom is 0.262 e. The van der Waals surface area contributed by atoms with Gasteiger partial charge in [0.15, 0.2) is 0 Å². The first kappa shape index (κ1) is 14.8. The Bertz CT molecular complexity index is 831. The molecule has 0 bridgehead atoms. The van der Waals surface area contributed by atoms with Gasteiger partial charge >= 0.3 is 0 Å². The lowest BCUT2D eigenvalue weighted by atomic mass is 10.1. The van der Waals surface area contributed by atoms with Gasteiger partial charge in [0, 0.05) is 24.2 Å². The summed E-state index contributed by atoms with van der Waals surface area (Å²) in [5.74, 6) is -0.294. The van der Waals surface area contributed by atoms with E-state index >= 15 is 0 Å². The topological polar surface area (TPSA) is 56.0 Å². The fourth-order valence-corrected chi connectivity index (χ4v) is 2.42. The molecule has 1 aromatic heterocycles. The lowest BCUT2D eigenvalue weighted by Gasteiger charge is -2.11. The van der Waals surface area contributed by atoms with Crippen molar-refractivity contribution in [3.8, 4) is 11.3 Å². The molecule has 0 unspecified atom stereocenters. The highest BCUT2D eigenvalue weighted by atomic mass is 16.5. The van der Waals surface area contributed by atoms with Crippen molar-refractivity contribution >= 4 is 11.6 Å². The first-order valence-electron chi connectivity index (χ1n) is 7.32. The molecule has 114 valence electrons. The van der Waals surface area contributed by atoms with Gasteiger partial charge in [-0.3, -0.25) is 4.79 Å². The Hall–Kier alpha value is -3.14. The van der Waals surface area contributed by atoms with Gasteiger partial charge in [-0.2, -0.15) is 4.73 Å². The number of nitrogens with one attached hydrogen (secondary N) is 1. The average Bonchev–Trinajstić information content (AvgIpc) is 2.59. The number of para-hydroxylation sites is 1. The summed E-state index contributed by atoms with van der Waals surface area (Å²) in [5.41, 5.74) is 2.78. The van der Waals surface area contributed by atoms with Crippen LogP contribution in [-0.4, -0.2) is 5.91 Å². The Kier molecular flexibility index (Phi) is 4.06. The quantitative estimate of drug-likeness (QED) is 0.594. The summed E-state index contributed by atoms with van der Waals surface area (Å²) in [6, 6.07) is 21.9. The van der Waals surface area contributed by atoms with Crippen LogP contribution in [0.15, 0.2) is 72.8 Å². The van der Waals surface area contributed by atoms with Crippen molar-refractivity contribution in [2.24, 2.45) is 0 Å². The number of anilines is 1. The first-order chi connectivity index (χ1) is 11.2. The summed E-state index contributed by atoms with van der Waals surface area (Å²) in [5, 5.41) is 15.3. The fraction of sp³-hybridized carbons (Fsp3) is 0.0526. The molecule has 3 aromatic rings. The fourth-order valence-electron chi connectivity index (χ4n) is 2.42. The van der Waals surface area contributed by atoms with Crippen LogP contribution in [-0.2, 0) is 0 Å². The van der Waals surface area contributed by atoms with Gasteiger partial charge in [0.1, 0.15) is 5.56 Å². The Balaban J connectivity index is 1.93. The predicted octanol–water partition coefficient (Wildman–Crippen LogP) is 3.55. The molecule has 1 N–H and O–H groups in total. The summed E-state index contributed by atoms with van der Waals surface area (Å²) in [6.07, 6.45) is 0. The van der Waals surface area contributed by atoms with Gasteiger partial charge in [-0.1, -0.05) is 36.4 Å². The molecule has 0 radical (unpaired) electrons. The minimum Gasteiger partial charge on any atom is -0.618 e. The van der Waals surface area contributed by atoms with E-state index < -0.39 is 0 Å². The van der Waals surface area contributed by atoms with Crippen LogP contribution in [0.25, 0.3) is 11.3 Å². The van der Waals surface area contributed by atoms with Crippen molar-refractivity contribution in [2.75, 3.05) is 5.32 Å². The van der Waals surface area contributed by atoms with Crippen molar-refractivity contribution in [3.05, 3.63) is 89.3 Å². The Morgan fingerprint density at radius 3 is 2.17 bits per heavy atom. The summed E-state index contributed by atoms with van der Waals surface area (Å²) in [7, 11) is 0. The van der Waals surface area contributed by atoms with Gasteiger partial charge in [-0.15, -0.1) is 0 Å². The molecular weight excluding hydrogens is 288 g/mol. The van der Waals surface area contributed by atoms with E-state index in [9.17, 15) is 10.0 Å². The zero-order chi connectivity index (χ0) is 16.2. The molecule has 0 saturated heterocycles. The molecule has 1 heterocycles. The average molecular weight is 304 g/mol. The smallest absolute Gasteiger partial charge is 0.262 e. The third kappa shape index (κ3) is 3.06. The van der Waals surface area contributed by atoms with Crippen LogP contribution >= 0.6 is 0 Å². The van der Waals surface area contributed by atoms with Gasteiger partial charge in [-0.25, -0.2) is 0 Å². The second-order valence-electron chi connectivity index (χ2n) is 5.20. The molecule has 0 aliphatic rings. The molecule has 0 aliphatic carbocycles. The van der Waals surface area contributed by atoms with E-state index in [1.54, 1.807) is 31.2 Å². The van der Waals surface area contributed by atoms with Crippen molar-refractivity contribution in [1.29, 1.82) is 0 Å². The van der Waals surface area contributed by atoms with Crippen LogP contribution in [0, 0.1) is 12.1 Å². The van der Waals surface area contributed by atoms with Crippen LogP contribution in [0.1, 0.15) is 16.1 Å². The molecule has 1 amide bonds. The molecular formula is C19H16N2O2. The molecule has 23 heavy (non-hydrogen) atoms. The van der Waals surface area contributed by atoms with Crippen LogP contribution < -0.4 is 10.0 Å². The Morgan fingerprint density at radius 1 is 0.913 bits per heavy atom. The first-order valence-corrected chi connectivity index (χ1v) is 7.32. The zero-order valence-electron chi connectivity index (χ0n) is 12.7. The normalized spacial score (nSPS) is 10.3. The van der Waals surface area contributed by atoms with E-state index in [4.69, 9.17) is 0 Å². The van der Waals surface area contributed by atoms with Gasteiger partial charge in [0.2, 0.25) is 11.4 Å². The van der Waals surface area contributed by atoms with E-state index in [0.717, 1.165) is 10.3 Å². The van der Waals surface area contributed by atoms with E-state index in [1.807, 2.05) is 48.5 Å². The van der Waals surface area contributed by atoms with Gasteiger partial charge in [-0.05, 0) is 30.3 Å². The van der Waals surface area contributed by atoms with E-state index in [0.29, 0.717) is 22.6 Å². The second-order valence-corrected chi connectivity index (χ2v) is 5.20. The van der Waals surface area contributed by atoms with Gasteiger partial charge in [0.05, 0.1) is 0 Å². The zero-order valence-corrected chi connectivity index (χ0v) is 12.7. The minimum absolute atomic E-state index is 0.294. The number of pyridine rings is 1. The maximum absolute atomic E-state index is 12.5. The number of carbonyl (C=O) groups excluding carboxylic acids is 1. The van der Waals surface area contributed by atoms with E-state index in [2.05, 4.69) is 5.32 Å². The molecule has 2 aromatic carbocycles. The summed E-state index contributed by atoms with van der Waals surface area (Å²) >= 11 is 0. The molecule has 0 aliphatic heterocycles. The lowest BCUT2D eigenvalue weighted by molar-refractivity contribution is -0.600. The number of nitrogens with zero attached hydrogens (tertiary/aromatic N) is 1. The number of amides is 1. The van der Waals surface area contributed by atoms with Crippen LogP contribution in [0.4, 0.5) is 5.69 Å². The molecule has 4 heteroatoms. The molecule has 4 nitrogen and oxygen atoms in total. The van der Waals surface area contributed by atoms with E-state index in [-0.39, 0.29) is 5.91 Å². The SMILES string of the molecule is Cc1c(C(=O)Nc2ccccc2)ccc(-c2ccccc2)[n+]1[O-]. The Morgan fingerprint density at radius 2 is 1.52 bits per heavy atom. The van der Waals surface area contributed by atoms with Crippen molar-refractivity contribution in [1.82, 2.24) is 0 Å². The number of hydrogen-bond acceptors (Lipinski definition) is 2. The lowest BCUT2D eigenvalue weighted by Crippen LogP contribution is -2.35. The van der Waals surface area contributed by atoms with Crippen molar-refractivity contribution in [2.45, 2.75) is 6.92 Å². The highest BCUT2D eigenvalue weighted by Gasteiger charge is 2.19. The highest BCUT2D eigenvalue weighted by Crippen LogP contribution is 2.18. The number of rotatable bonds is 3. The molecule has 0 saturated carbocycles. The number of hydrogen-bond donors (Lipinski definition) is 1. The van der Waals surface area contributed by atoms with Crippen molar-refractivity contribution < 1.29 is 9.52 Å². The van der Waals surface area contributed by atoms with Gasteiger partial charge < -0.3 is 10.5 Å². The molecule has 3 rings (SSSR count). The molecule has 0 spiro atoms. The highest BCUT2D eigenvalue weighted by molar-refractivity contribution is 6.04. The largest absolute Gasteiger partial charge is 0.618 e. The predicted molar refractivity (Wildman–Crippen MR) is 90.0 cm³/mol. The second kappa shape index (κ2) is 6.32. The standard InChI is InChI=1S/C19H16N2O2/c1-14-17(19(22)20-16-10-6-3-7-11-16)12-13-18(21(14)23)15-8-4-2-5-9-15/h2-13H,1H3,(H,20,22). The summed E-state index contributed by atoms with van der Waals surface area (Å²) < 4.78 is 0.801. The Labute approximate surface area is 134 Å². The number of carbonyl (C=O) groups is 1. The van der Waals surface area contributed by atoms with Crippen molar-refractivity contribution in [3.63, 3.8) is 0 Å². The van der Waals surface area contributed by atoms with Gasteiger partial charge in [0.25, 0.3) is 5.91 Å². The molecule has 0 atom stereocenters. The third-order valence-electron chi connectivity index (χ3n) is 3.67. The number of benzene rings is 2. The maximum atomic E-state index is 12.5. The summed E-state index contributed by atoms with van der Waals surface area (Å²) in [6.45, 7) is 1.65. The summed E-state index contributed by atoms with van der Waals surface area (Å²) in [4.78, 5) is 12.4. The third-order valence-corrected chi connectivity index (χ3v) is 3.67. The van der Waals surface area contributed by atoms with Crippen LogP contribution in [0.3, 0.4) is 0 Å². The minimum atomic E-state index is -0.294. The van der Waals surface area contributed by atoms with E-state index in [1.165, 1.54) is 0 Å². The number of aromatic nitrogens is 1. The van der Waals surface area contributed by atoms with Crippen LogP contribution in [0.2, 0.25) is 0 Å². The molecule has 0 fully saturated rings.